The standard InChI is InChI=1S/C26H34N4O3S/c1-5-33-25(32)23-19(4)28-26-30(24(23)21-9-8-17(2)14-18(21)3)20(16-34-26)15-22(31)27-10-13-29-11-6-7-12-29/h8-9,14,16,24H,5-7,10-13,15H2,1-4H3,(H,27,31)/t24-/m1/s1. The Morgan fingerprint density at radius 2 is 1.97 bits per heavy atom. The maximum atomic E-state index is 13.1. The van der Waals surface area contributed by atoms with E-state index >= 15 is 0 Å². The van der Waals surface area contributed by atoms with Crippen molar-refractivity contribution in [2.45, 2.75) is 53.0 Å². The summed E-state index contributed by atoms with van der Waals surface area (Å²) in [7, 11) is 0. The van der Waals surface area contributed by atoms with Crippen LogP contribution in [-0.4, -0.2) is 59.6 Å². The van der Waals surface area contributed by atoms with Gasteiger partial charge in [-0.3, -0.25) is 4.79 Å². The smallest absolute Gasteiger partial charge is 0.338 e. The van der Waals surface area contributed by atoms with Gasteiger partial charge in [-0.2, -0.15) is 0 Å². The molecule has 0 saturated carbocycles. The monoisotopic (exact) mass is 482 g/mol. The first-order chi connectivity index (χ1) is 16.4. The summed E-state index contributed by atoms with van der Waals surface area (Å²) in [5, 5.41) is 5.84. The molecule has 4 rings (SSSR count). The number of allylic oxidation sites excluding steroid dienone is 1. The third-order valence-electron chi connectivity index (χ3n) is 6.51. The first-order valence-corrected chi connectivity index (χ1v) is 12.9. The Hall–Kier alpha value is -2.58. The van der Waals surface area contributed by atoms with Crippen molar-refractivity contribution in [3.8, 4) is 0 Å². The van der Waals surface area contributed by atoms with Gasteiger partial charge in [-0.25, -0.2) is 9.79 Å². The molecule has 3 aliphatic rings. The second kappa shape index (κ2) is 10.8. The van der Waals surface area contributed by atoms with Gasteiger partial charge in [0.25, 0.3) is 0 Å². The number of rotatable bonds is 8. The van der Waals surface area contributed by atoms with Gasteiger partial charge in [0.1, 0.15) is 0 Å². The van der Waals surface area contributed by atoms with Crippen LogP contribution in [0, 0.1) is 13.8 Å². The van der Waals surface area contributed by atoms with Crippen LogP contribution in [0.25, 0.3) is 0 Å². The Kier molecular flexibility index (Phi) is 7.78. The molecule has 1 fully saturated rings. The lowest BCUT2D eigenvalue weighted by molar-refractivity contribution is -0.139. The predicted molar refractivity (Wildman–Crippen MR) is 136 cm³/mol. The minimum Gasteiger partial charge on any atom is -0.463 e. The molecular formula is C26H34N4O3S. The Labute approximate surface area is 206 Å². The van der Waals surface area contributed by atoms with Gasteiger partial charge in [-0.1, -0.05) is 35.5 Å². The highest BCUT2D eigenvalue weighted by atomic mass is 32.2. The van der Waals surface area contributed by atoms with Crippen molar-refractivity contribution < 1.29 is 14.3 Å². The van der Waals surface area contributed by atoms with E-state index in [1.807, 2.05) is 17.2 Å². The second-order valence-electron chi connectivity index (χ2n) is 9.05. The van der Waals surface area contributed by atoms with Crippen LogP contribution in [0.4, 0.5) is 0 Å². The van der Waals surface area contributed by atoms with E-state index in [0.29, 0.717) is 24.4 Å². The molecule has 182 valence electrons. The van der Waals surface area contributed by atoms with Gasteiger partial charge in [0.05, 0.1) is 30.3 Å². The number of carbonyl (C=O) groups excluding carboxylic acids is 2. The van der Waals surface area contributed by atoms with E-state index in [9.17, 15) is 9.59 Å². The highest BCUT2D eigenvalue weighted by Gasteiger charge is 2.41. The molecule has 0 unspecified atom stereocenters. The molecule has 34 heavy (non-hydrogen) atoms. The maximum Gasteiger partial charge on any atom is 0.338 e. The summed E-state index contributed by atoms with van der Waals surface area (Å²) in [5.41, 5.74) is 5.30. The molecule has 0 bridgehead atoms. The molecule has 0 spiro atoms. The third-order valence-corrected chi connectivity index (χ3v) is 7.40. The highest BCUT2D eigenvalue weighted by molar-refractivity contribution is 8.16. The normalized spacial score (nSPS) is 20.2. The minimum atomic E-state index is -0.384. The molecule has 0 aromatic heterocycles. The van der Waals surface area contributed by atoms with E-state index in [2.05, 4.69) is 42.3 Å². The zero-order chi connectivity index (χ0) is 24.2. The Balaban J connectivity index is 1.58. The fourth-order valence-electron chi connectivity index (χ4n) is 4.85. The molecule has 1 N–H and O–H groups in total. The number of benzene rings is 1. The zero-order valence-electron chi connectivity index (χ0n) is 20.5. The average molecular weight is 483 g/mol. The fraction of sp³-hybridized carbons (Fsp3) is 0.500. The molecule has 1 aromatic carbocycles. The summed E-state index contributed by atoms with van der Waals surface area (Å²) in [6.45, 7) is 11.8. The molecule has 1 amide bonds. The lowest BCUT2D eigenvalue weighted by Crippen LogP contribution is -2.39. The Morgan fingerprint density at radius 1 is 1.21 bits per heavy atom. The van der Waals surface area contributed by atoms with Gasteiger partial charge >= 0.3 is 5.97 Å². The number of likely N-dealkylation sites (tertiary alicyclic amines) is 1. The molecule has 1 aromatic rings. The largest absolute Gasteiger partial charge is 0.463 e. The van der Waals surface area contributed by atoms with Gasteiger partial charge in [-0.15, -0.1) is 0 Å². The van der Waals surface area contributed by atoms with Crippen LogP contribution in [0.1, 0.15) is 55.8 Å². The van der Waals surface area contributed by atoms with Crippen molar-refractivity contribution in [3.05, 3.63) is 57.3 Å². The van der Waals surface area contributed by atoms with Gasteiger partial charge in [-0.05, 0) is 70.2 Å². The maximum absolute atomic E-state index is 13.1. The second-order valence-corrected chi connectivity index (χ2v) is 9.89. The lowest BCUT2D eigenvalue weighted by atomic mass is 9.90. The number of aliphatic imine (C=N–C) groups is 1. The van der Waals surface area contributed by atoms with E-state index in [1.165, 1.54) is 24.6 Å². The van der Waals surface area contributed by atoms with Crippen molar-refractivity contribution in [1.82, 2.24) is 15.1 Å². The Morgan fingerprint density at radius 3 is 2.68 bits per heavy atom. The number of amidine groups is 1. The van der Waals surface area contributed by atoms with Crippen molar-refractivity contribution in [1.29, 1.82) is 0 Å². The minimum absolute atomic E-state index is 0.0179. The van der Waals surface area contributed by atoms with Crippen molar-refractivity contribution >= 4 is 28.8 Å². The van der Waals surface area contributed by atoms with Gasteiger partial charge in [0.15, 0.2) is 5.17 Å². The number of ether oxygens (including phenoxy) is 1. The molecule has 7 nitrogen and oxygen atoms in total. The molecule has 0 radical (unpaired) electrons. The Bertz CT molecular complexity index is 1060. The molecule has 1 saturated heterocycles. The number of nitrogens with zero attached hydrogens (tertiary/aromatic N) is 3. The molecule has 8 heteroatoms. The molecule has 1 atom stereocenters. The van der Waals surface area contributed by atoms with Crippen LogP contribution in [0.15, 0.2) is 45.6 Å². The van der Waals surface area contributed by atoms with Crippen LogP contribution in [-0.2, 0) is 14.3 Å². The number of esters is 1. The van der Waals surface area contributed by atoms with E-state index in [1.54, 1.807) is 6.92 Å². The summed E-state index contributed by atoms with van der Waals surface area (Å²) in [6, 6.07) is 5.87. The van der Waals surface area contributed by atoms with Crippen molar-refractivity contribution in [3.63, 3.8) is 0 Å². The quantitative estimate of drug-likeness (QED) is 0.564. The summed E-state index contributed by atoms with van der Waals surface area (Å²) in [5.74, 6) is -0.380. The summed E-state index contributed by atoms with van der Waals surface area (Å²) in [4.78, 5) is 35.0. The fourth-order valence-corrected chi connectivity index (χ4v) is 5.82. The van der Waals surface area contributed by atoms with Crippen molar-refractivity contribution in [2.24, 2.45) is 4.99 Å². The van der Waals surface area contributed by atoms with E-state index in [-0.39, 0.29) is 24.3 Å². The average Bonchev–Trinajstić information content (AvgIpc) is 3.43. The SMILES string of the molecule is CCOC(=O)C1=C(C)N=C2SC=C(CC(=O)NCCN3CCCC3)N2[C@@H]1c1ccc(C)cc1C. The van der Waals surface area contributed by atoms with Crippen LogP contribution in [0.2, 0.25) is 0 Å². The number of fused-ring (bicyclic) bond motifs is 1. The van der Waals surface area contributed by atoms with Crippen LogP contribution in [0.5, 0.6) is 0 Å². The summed E-state index contributed by atoms with van der Waals surface area (Å²) < 4.78 is 5.43. The lowest BCUT2D eigenvalue weighted by Gasteiger charge is -2.37. The van der Waals surface area contributed by atoms with Crippen LogP contribution in [0.3, 0.4) is 0 Å². The van der Waals surface area contributed by atoms with Gasteiger partial charge in [0.2, 0.25) is 5.91 Å². The number of nitrogens with one attached hydrogen (secondary N) is 1. The van der Waals surface area contributed by atoms with Gasteiger partial charge in [0, 0.05) is 18.8 Å². The predicted octanol–water partition coefficient (Wildman–Crippen LogP) is 4.04. The highest BCUT2D eigenvalue weighted by Crippen LogP contribution is 2.45. The topological polar surface area (TPSA) is 74.2 Å². The number of carbonyl (C=O) groups is 2. The number of thioether (sulfide) groups is 1. The van der Waals surface area contributed by atoms with Crippen LogP contribution >= 0.6 is 11.8 Å². The summed E-state index contributed by atoms with van der Waals surface area (Å²) in [6.07, 6.45) is 2.72. The van der Waals surface area contributed by atoms with Crippen molar-refractivity contribution in [2.75, 3.05) is 32.8 Å². The van der Waals surface area contributed by atoms with Gasteiger partial charge < -0.3 is 19.9 Å². The molecule has 3 aliphatic heterocycles. The zero-order valence-corrected chi connectivity index (χ0v) is 21.3. The molecule has 0 aliphatic carbocycles. The van der Waals surface area contributed by atoms with E-state index in [0.717, 1.165) is 47.2 Å². The third kappa shape index (κ3) is 5.23. The van der Waals surface area contributed by atoms with E-state index < -0.39 is 0 Å². The first-order valence-electron chi connectivity index (χ1n) is 12.1. The molecule has 3 heterocycles. The molecular weight excluding hydrogens is 448 g/mol. The number of amides is 1. The number of hydrogen-bond acceptors (Lipinski definition) is 7. The van der Waals surface area contributed by atoms with Crippen LogP contribution < -0.4 is 5.32 Å². The summed E-state index contributed by atoms with van der Waals surface area (Å²) >= 11 is 1.50. The van der Waals surface area contributed by atoms with E-state index in [4.69, 9.17) is 9.73 Å². The number of hydrogen-bond donors (Lipinski definition) is 1. The number of aryl methyl sites for hydroxylation is 2. The first kappa shape index (κ1) is 24.5.